The quantitative estimate of drug-likeness (QED) is 0.808. The molecule has 0 bridgehead atoms. The zero-order valence-electron chi connectivity index (χ0n) is 12.7. The van der Waals surface area contributed by atoms with Gasteiger partial charge in [-0.2, -0.15) is 5.26 Å². The molecule has 1 fully saturated rings. The Balaban J connectivity index is 1.91. The van der Waals surface area contributed by atoms with E-state index in [1.807, 2.05) is 6.07 Å². The molecule has 1 N–H and O–H groups in total. The highest BCUT2D eigenvalue weighted by molar-refractivity contribution is 5.34. The Morgan fingerprint density at radius 1 is 1.32 bits per heavy atom. The Morgan fingerprint density at radius 3 is 2.77 bits per heavy atom. The third-order valence-corrected chi connectivity index (χ3v) is 3.81. The minimum atomic E-state index is -0.492. The predicted molar refractivity (Wildman–Crippen MR) is 80.7 cm³/mol. The molecule has 1 saturated heterocycles. The van der Waals surface area contributed by atoms with E-state index in [1.54, 1.807) is 12.1 Å². The molecule has 1 aromatic carbocycles. The van der Waals surface area contributed by atoms with Crippen molar-refractivity contribution in [1.29, 1.82) is 5.26 Å². The van der Waals surface area contributed by atoms with Gasteiger partial charge in [-0.25, -0.2) is 4.39 Å². The van der Waals surface area contributed by atoms with Crippen molar-refractivity contribution in [3.8, 4) is 6.07 Å². The number of halogens is 1. The van der Waals surface area contributed by atoms with Crippen molar-refractivity contribution < 1.29 is 14.2 Å². The van der Waals surface area contributed by atoms with Gasteiger partial charge >= 0.3 is 0 Å². The van der Waals surface area contributed by atoms with Crippen LogP contribution in [0.25, 0.3) is 0 Å². The van der Waals surface area contributed by atoms with Crippen molar-refractivity contribution in [2.24, 2.45) is 0 Å². The predicted octanol–water partition coefficient (Wildman–Crippen LogP) is 0.824. The van der Waals surface area contributed by atoms with Crippen molar-refractivity contribution in [3.63, 3.8) is 0 Å². The first-order valence-corrected chi connectivity index (χ1v) is 7.55. The van der Waals surface area contributed by atoms with E-state index in [1.165, 1.54) is 6.07 Å². The van der Waals surface area contributed by atoms with Crippen molar-refractivity contribution in [3.05, 3.63) is 35.1 Å². The van der Waals surface area contributed by atoms with Crippen LogP contribution in [0, 0.1) is 17.1 Å². The minimum Gasteiger partial charge on any atom is -0.395 e. The van der Waals surface area contributed by atoms with E-state index in [0.29, 0.717) is 13.1 Å². The Hall–Kier alpha value is -1.52. The molecule has 6 heteroatoms. The number of aliphatic hydroxyl groups is 1. The number of hydrogen-bond acceptors (Lipinski definition) is 5. The summed E-state index contributed by atoms with van der Waals surface area (Å²) in [7, 11) is 0. The highest BCUT2D eigenvalue weighted by Gasteiger charge is 2.13. The summed E-state index contributed by atoms with van der Waals surface area (Å²) in [6, 6.07) is 6.45. The number of morpholine rings is 1. The Kier molecular flexibility index (Phi) is 6.74. The lowest BCUT2D eigenvalue weighted by molar-refractivity contribution is 0.0320. The van der Waals surface area contributed by atoms with Crippen LogP contribution in [0.1, 0.15) is 11.1 Å². The second kappa shape index (κ2) is 8.81. The second-order valence-corrected chi connectivity index (χ2v) is 5.38. The molecule has 0 aliphatic carbocycles. The van der Waals surface area contributed by atoms with Gasteiger partial charge in [-0.05, 0) is 17.7 Å². The monoisotopic (exact) mass is 307 g/mol. The van der Waals surface area contributed by atoms with Crippen LogP contribution in [0.3, 0.4) is 0 Å². The smallest absolute Gasteiger partial charge is 0.140 e. The number of nitrogens with zero attached hydrogens (tertiary/aromatic N) is 3. The van der Waals surface area contributed by atoms with Crippen LogP contribution >= 0.6 is 0 Å². The summed E-state index contributed by atoms with van der Waals surface area (Å²) in [6.07, 6.45) is 0. The summed E-state index contributed by atoms with van der Waals surface area (Å²) in [5.41, 5.74) is 0.947. The lowest BCUT2D eigenvalue weighted by Crippen LogP contribution is -2.41. The molecule has 0 aromatic heterocycles. The summed E-state index contributed by atoms with van der Waals surface area (Å²) >= 11 is 0. The summed E-state index contributed by atoms with van der Waals surface area (Å²) in [6.45, 7) is 6.37. The first-order chi connectivity index (χ1) is 10.7. The molecule has 0 spiro atoms. The van der Waals surface area contributed by atoms with Gasteiger partial charge in [0.15, 0.2) is 0 Å². The maximum Gasteiger partial charge on any atom is 0.140 e. The van der Waals surface area contributed by atoms with E-state index in [9.17, 15) is 9.50 Å². The number of nitriles is 1. The molecule has 120 valence electrons. The molecular weight excluding hydrogens is 285 g/mol. The molecule has 0 unspecified atom stereocenters. The average Bonchev–Trinajstić information content (AvgIpc) is 2.55. The van der Waals surface area contributed by atoms with Gasteiger partial charge in [0.2, 0.25) is 0 Å². The van der Waals surface area contributed by atoms with E-state index >= 15 is 0 Å². The Labute approximate surface area is 130 Å². The second-order valence-electron chi connectivity index (χ2n) is 5.38. The van der Waals surface area contributed by atoms with E-state index in [2.05, 4.69) is 9.80 Å². The fraction of sp³-hybridized carbons (Fsp3) is 0.562. The van der Waals surface area contributed by atoms with Gasteiger partial charge in [-0.1, -0.05) is 6.07 Å². The van der Waals surface area contributed by atoms with E-state index in [-0.39, 0.29) is 12.2 Å². The van der Waals surface area contributed by atoms with Gasteiger partial charge in [0.25, 0.3) is 0 Å². The molecular formula is C16H22FN3O2. The van der Waals surface area contributed by atoms with Gasteiger partial charge in [-0.15, -0.1) is 0 Å². The third kappa shape index (κ3) is 5.04. The Morgan fingerprint density at radius 2 is 2.09 bits per heavy atom. The zero-order valence-corrected chi connectivity index (χ0v) is 12.7. The molecule has 1 aliphatic rings. The summed E-state index contributed by atoms with van der Waals surface area (Å²) in [5.74, 6) is -0.492. The van der Waals surface area contributed by atoms with Crippen LogP contribution in [0.2, 0.25) is 0 Å². The highest BCUT2D eigenvalue weighted by atomic mass is 19.1. The van der Waals surface area contributed by atoms with Crippen molar-refractivity contribution in [2.45, 2.75) is 6.54 Å². The summed E-state index contributed by atoms with van der Waals surface area (Å²) < 4.78 is 18.7. The fourth-order valence-electron chi connectivity index (χ4n) is 2.53. The van der Waals surface area contributed by atoms with Gasteiger partial charge in [0.1, 0.15) is 11.9 Å². The van der Waals surface area contributed by atoms with Crippen molar-refractivity contribution in [2.75, 3.05) is 52.5 Å². The van der Waals surface area contributed by atoms with Crippen LogP contribution in [0.5, 0.6) is 0 Å². The molecule has 1 aromatic rings. The Bertz CT molecular complexity index is 513. The summed E-state index contributed by atoms with van der Waals surface area (Å²) in [5, 5.41) is 18.1. The van der Waals surface area contributed by atoms with Crippen LogP contribution in [-0.2, 0) is 11.3 Å². The number of ether oxygens (including phenoxy) is 1. The zero-order chi connectivity index (χ0) is 15.8. The lowest BCUT2D eigenvalue weighted by Gasteiger charge is -2.29. The maximum atomic E-state index is 13.4. The molecule has 0 saturated carbocycles. The van der Waals surface area contributed by atoms with E-state index in [4.69, 9.17) is 10.00 Å². The average molecular weight is 307 g/mol. The van der Waals surface area contributed by atoms with Gasteiger partial charge in [0.05, 0.1) is 25.4 Å². The van der Waals surface area contributed by atoms with Crippen LogP contribution in [0.15, 0.2) is 18.2 Å². The van der Waals surface area contributed by atoms with Gasteiger partial charge < -0.3 is 9.84 Å². The van der Waals surface area contributed by atoms with E-state index < -0.39 is 5.82 Å². The standard InChI is InChI=1S/C16H22FN3O2/c17-16-2-1-14(11-15(16)12-18)13-20(5-8-21)4-3-19-6-9-22-10-7-19/h1-2,11,21H,3-10,13H2. The topological polar surface area (TPSA) is 59.7 Å². The van der Waals surface area contributed by atoms with Crippen LogP contribution in [0.4, 0.5) is 4.39 Å². The normalized spacial score (nSPS) is 15.9. The number of benzene rings is 1. The number of hydrogen-bond donors (Lipinski definition) is 1. The van der Waals surface area contributed by atoms with Gasteiger partial charge in [-0.3, -0.25) is 9.80 Å². The molecule has 0 radical (unpaired) electrons. The molecule has 0 atom stereocenters. The third-order valence-electron chi connectivity index (χ3n) is 3.81. The highest BCUT2D eigenvalue weighted by Crippen LogP contribution is 2.12. The fourth-order valence-corrected chi connectivity index (χ4v) is 2.53. The van der Waals surface area contributed by atoms with Gasteiger partial charge in [0, 0.05) is 39.3 Å². The summed E-state index contributed by atoms with van der Waals surface area (Å²) in [4.78, 5) is 4.45. The lowest BCUT2D eigenvalue weighted by atomic mass is 10.1. The minimum absolute atomic E-state index is 0.0645. The molecule has 0 amide bonds. The molecule has 22 heavy (non-hydrogen) atoms. The first-order valence-electron chi connectivity index (χ1n) is 7.55. The SMILES string of the molecule is N#Cc1cc(CN(CCO)CCN2CCOCC2)ccc1F. The molecule has 2 rings (SSSR count). The number of rotatable bonds is 7. The van der Waals surface area contributed by atoms with Crippen molar-refractivity contribution in [1.82, 2.24) is 9.80 Å². The number of aliphatic hydroxyl groups excluding tert-OH is 1. The maximum absolute atomic E-state index is 13.4. The molecule has 5 nitrogen and oxygen atoms in total. The molecule has 1 heterocycles. The van der Waals surface area contributed by atoms with Crippen LogP contribution < -0.4 is 0 Å². The van der Waals surface area contributed by atoms with Crippen LogP contribution in [-0.4, -0.2) is 67.5 Å². The largest absolute Gasteiger partial charge is 0.395 e. The molecule has 1 aliphatic heterocycles. The van der Waals surface area contributed by atoms with Crippen molar-refractivity contribution >= 4 is 0 Å². The van der Waals surface area contributed by atoms with E-state index in [0.717, 1.165) is 45.0 Å². The first kappa shape index (κ1) is 16.8.